The van der Waals surface area contributed by atoms with Crippen LogP contribution in [0.5, 0.6) is 0 Å². The average Bonchev–Trinajstić information content (AvgIpc) is 2.72. The van der Waals surface area contributed by atoms with E-state index in [1.165, 1.54) is 16.4 Å². The fourth-order valence-electron chi connectivity index (χ4n) is 3.60. The van der Waals surface area contributed by atoms with Gasteiger partial charge in [0.1, 0.15) is 5.82 Å². The van der Waals surface area contributed by atoms with E-state index in [0.29, 0.717) is 16.8 Å². The zero-order valence-corrected chi connectivity index (χ0v) is 19.4. The van der Waals surface area contributed by atoms with Crippen molar-refractivity contribution in [1.82, 2.24) is 5.32 Å². The summed E-state index contributed by atoms with van der Waals surface area (Å²) in [7, 11) is -3.58. The lowest BCUT2D eigenvalue weighted by atomic mass is 10.00. The predicted molar refractivity (Wildman–Crippen MR) is 126 cm³/mol. The maximum absolute atomic E-state index is 13.2. The fraction of sp³-hybridized carbons (Fsp3) is 0.240. The maximum atomic E-state index is 13.2. The molecule has 7 heteroatoms. The third-order valence-electron chi connectivity index (χ3n) is 5.30. The van der Waals surface area contributed by atoms with Gasteiger partial charge in [-0.15, -0.1) is 0 Å². The Bertz CT molecular complexity index is 1210. The van der Waals surface area contributed by atoms with Crippen molar-refractivity contribution in [1.29, 1.82) is 0 Å². The Kier molecular flexibility index (Phi) is 6.99. The van der Waals surface area contributed by atoms with Gasteiger partial charge in [0.05, 0.1) is 24.5 Å². The number of hydrogen-bond donors (Lipinski definition) is 1. The third-order valence-corrected chi connectivity index (χ3v) is 6.44. The van der Waals surface area contributed by atoms with Crippen molar-refractivity contribution in [2.45, 2.75) is 33.4 Å². The predicted octanol–water partition coefficient (Wildman–Crippen LogP) is 4.90. The number of carbonyl (C=O) groups excluding carboxylic acids is 1. The molecule has 3 rings (SSSR count). The van der Waals surface area contributed by atoms with Gasteiger partial charge in [-0.3, -0.25) is 9.10 Å². The number of amides is 1. The Balaban J connectivity index is 1.76. The maximum Gasteiger partial charge on any atom is 0.251 e. The first-order valence-corrected chi connectivity index (χ1v) is 12.1. The Hall–Kier alpha value is -3.19. The number of halogens is 1. The van der Waals surface area contributed by atoms with Gasteiger partial charge in [-0.1, -0.05) is 35.9 Å². The van der Waals surface area contributed by atoms with Crippen LogP contribution < -0.4 is 9.62 Å². The highest BCUT2D eigenvalue weighted by Gasteiger charge is 2.19. The molecule has 1 N–H and O–H groups in total. The molecular weight excluding hydrogens is 427 g/mol. The molecule has 0 saturated heterocycles. The van der Waals surface area contributed by atoms with Crippen molar-refractivity contribution in [3.05, 3.63) is 100 Å². The number of nitrogens with one attached hydrogen (secondary N) is 1. The molecule has 0 heterocycles. The molecule has 0 spiro atoms. The second-order valence-corrected chi connectivity index (χ2v) is 9.90. The molecule has 0 aliphatic carbocycles. The van der Waals surface area contributed by atoms with Gasteiger partial charge < -0.3 is 5.32 Å². The molecule has 0 aliphatic heterocycles. The van der Waals surface area contributed by atoms with E-state index in [1.54, 1.807) is 36.4 Å². The Morgan fingerprint density at radius 3 is 2.19 bits per heavy atom. The van der Waals surface area contributed by atoms with E-state index in [4.69, 9.17) is 0 Å². The van der Waals surface area contributed by atoms with Crippen molar-refractivity contribution in [2.24, 2.45) is 0 Å². The second kappa shape index (κ2) is 9.53. The van der Waals surface area contributed by atoms with Gasteiger partial charge in [0.25, 0.3) is 5.91 Å². The summed E-state index contributed by atoms with van der Waals surface area (Å²) in [5.41, 5.74) is 4.83. The SMILES string of the molecule is Cc1ccc([C@@H](C)NC(=O)c2ccc(N(Cc3ccc(F)cc3)S(C)(=O)=O)cc2)c(C)c1. The van der Waals surface area contributed by atoms with Crippen molar-refractivity contribution in [3.8, 4) is 0 Å². The zero-order chi connectivity index (χ0) is 23.5. The van der Waals surface area contributed by atoms with Gasteiger partial charge in [0, 0.05) is 5.56 Å². The number of benzene rings is 3. The molecule has 3 aromatic carbocycles. The van der Waals surface area contributed by atoms with Crippen molar-refractivity contribution in [3.63, 3.8) is 0 Å². The molecule has 0 aliphatic rings. The highest BCUT2D eigenvalue weighted by Crippen LogP contribution is 2.23. The molecule has 0 fully saturated rings. The number of nitrogens with zero attached hydrogens (tertiary/aromatic N) is 1. The van der Waals surface area contributed by atoms with Gasteiger partial charge in [-0.25, -0.2) is 12.8 Å². The van der Waals surface area contributed by atoms with Crippen LogP contribution in [0.25, 0.3) is 0 Å². The summed E-state index contributed by atoms with van der Waals surface area (Å²) >= 11 is 0. The van der Waals surface area contributed by atoms with Gasteiger partial charge in [0.2, 0.25) is 10.0 Å². The molecule has 0 aromatic heterocycles. The molecular formula is C25H27FN2O3S. The highest BCUT2D eigenvalue weighted by molar-refractivity contribution is 7.92. The number of hydrogen-bond acceptors (Lipinski definition) is 3. The number of sulfonamides is 1. The minimum absolute atomic E-state index is 0.0639. The smallest absolute Gasteiger partial charge is 0.251 e. The van der Waals surface area contributed by atoms with Gasteiger partial charge >= 0.3 is 0 Å². The number of carbonyl (C=O) groups is 1. The van der Waals surface area contributed by atoms with Crippen molar-refractivity contribution < 1.29 is 17.6 Å². The zero-order valence-electron chi connectivity index (χ0n) is 18.6. The molecule has 1 atom stereocenters. The number of aryl methyl sites for hydroxylation is 2. The highest BCUT2D eigenvalue weighted by atomic mass is 32.2. The van der Waals surface area contributed by atoms with Crippen molar-refractivity contribution in [2.75, 3.05) is 10.6 Å². The first-order valence-electron chi connectivity index (χ1n) is 10.2. The van der Waals surface area contributed by atoms with Crippen LogP contribution in [0.2, 0.25) is 0 Å². The van der Waals surface area contributed by atoms with E-state index >= 15 is 0 Å². The normalized spacial score (nSPS) is 12.3. The molecule has 3 aromatic rings. The van der Waals surface area contributed by atoms with E-state index in [2.05, 4.69) is 11.4 Å². The van der Waals surface area contributed by atoms with Crippen LogP contribution in [-0.4, -0.2) is 20.6 Å². The monoisotopic (exact) mass is 454 g/mol. The molecule has 32 heavy (non-hydrogen) atoms. The minimum Gasteiger partial charge on any atom is -0.346 e. The molecule has 5 nitrogen and oxygen atoms in total. The molecule has 0 unspecified atom stereocenters. The average molecular weight is 455 g/mol. The second-order valence-electron chi connectivity index (χ2n) is 8.00. The Morgan fingerprint density at radius 1 is 1.00 bits per heavy atom. The number of anilines is 1. The summed E-state index contributed by atoms with van der Waals surface area (Å²) in [6, 6.07) is 18.0. The topological polar surface area (TPSA) is 66.5 Å². The fourth-order valence-corrected chi connectivity index (χ4v) is 4.49. The van der Waals surface area contributed by atoms with Gasteiger partial charge in [-0.2, -0.15) is 0 Å². The molecule has 0 bridgehead atoms. The first-order chi connectivity index (χ1) is 15.0. The lowest BCUT2D eigenvalue weighted by Crippen LogP contribution is -2.30. The summed E-state index contributed by atoms with van der Waals surface area (Å²) in [6.07, 6.45) is 1.11. The summed E-state index contributed by atoms with van der Waals surface area (Å²) in [6.45, 7) is 6.03. The summed E-state index contributed by atoms with van der Waals surface area (Å²) < 4.78 is 39.1. The first kappa shape index (κ1) is 23.5. The van der Waals surface area contributed by atoms with Crippen LogP contribution in [-0.2, 0) is 16.6 Å². The Morgan fingerprint density at radius 2 is 1.62 bits per heavy atom. The summed E-state index contributed by atoms with van der Waals surface area (Å²) in [5.74, 6) is -0.626. The van der Waals surface area contributed by atoms with E-state index in [-0.39, 0.29) is 24.3 Å². The largest absolute Gasteiger partial charge is 0.346 e. The summed E-state index contributed by atoms with van der Waals surface area (Å²) in [4.78, 5) is 12.7. The lowest BCUT2D eigenvalue weighted by molar-refractivity contribution is 0.0940. The van der Waals surface area contributed by atoms with Crippen LogP contribution in [0, 0.1) is 19.7 Å². The van der Waals surface area contributed by atoms with Gasteiger partial charge in [0.15, 0.2) is 0 Å². The standard InChI is InChI=1S/C25H27FN2O3S/c1-17-5-14-24(18(2)15-17)19(3)27-25(29)21-8-12-23(13-9-21)28(32(4,30)31)16-20-6-10-22(26)11-7-20/h5-15,19H,16H2,1-4H3,(H,27,29)/t19-/m1/s1. The molecule has 0 radical (unpaired) electrons. The minimum atomic E-state index is -3.58. The van der Waals surface area contributed by atoms with E-state index in [9.17, 15) is 17.6 Å². The Labute approximate surface area is 188 Å². The lowest BCUT2D eigenvalue weighted by Gasteiger charge is -2.23. The number of rotatable bonds is 7. The van der Waals surface area contributed by atoms with Crippen LogP contribution in [0.1, 0.15) is 45.6 Å². The van der Waals surface area contributed by atoms with Crippen LogP contribution in [0.3, 0.4) is 0 Å². The van der Waals surface area contributed by atoms with E-state index in [0.717, 1.165) is 22.9 Å². The van der Waals surface area contributed by atoms with E-state index < -0.39 is 10.0 Å². The van der Waals surface area contributed by atoms with Crippen LogP contribution in [0.15, 0.2) is 66.7 Å². The van der Waals surface area contributed by atoms with E-state index in [1.807, 2.05) is 32.9 Å². The third kappa shape index (κ3) is 5.73. The molecule has 168 valence electrons. The van der Waals surface area contributed by atoms with Crippen LogP contribution in [0.4, 0.5) is 10.1 Å². The quantitative estimate of drug-likeness (QED) is 0.552. The molecule has 1 amide bonds. The molecule has 0 saturated carbocycles. The van der Waals surface area contributed by atoms with Gasteiger partial charge in [-0.05, 0) is 73.9 Å². The van der Waals surface area contributed by atoms with Crippen LogP contribution >= 0.6 is 0 Å². The van der Waals surface area contributed by atoms with Crippen molar-refractivity contribution >= 4 is 21.6 Å². The summed E-state index contributed by atoms with van der Waals surface area (Å²) in [5, 5.41) is 2.99.